The van der Waals surface area contributed by atoms with Crippen molar-refractivity contribution in [3.05, 3.63) is 65.4 Å². The molecule has 7 heteroatoms. The van der Waals surface area contributed by atoms with Gasteiger partial charge in [0.1, 0.15) is 12.3 Å². The second-order valence-electron chi connectivity index (χ2n) is 8.18. The lowest BCUT2D eigenvalue weighted by molar-refractivity contribution is -0.110. The molecule has 4 aliphatic heterocycles. The van der Waals surface area contributed by atoms with Gasteiger partial charge in [0.05, 0.1) is 11.3 Å². The number of fused-ring (bicyclic) bond motifs is 4. The average Bonchev–Trinajstić information content (AvgIpc) is 3.52. The van der Waals surface area contributed by atoms with Crippen LogP contribution in [0, 0.1) is 0 Å². The van der Waals surface area contributed by atoms with Crippen LogP contribution in [0.4, 0.5) is 11.4 Å². The van der Waals surface area contributed by atoms with E-state index in [2.05, 4.69) is 26.0 Å². The Kier molecular flexibility index (Phi) is 4.11. The van der Waals surface area contributed by atoms with Crippen LogP contribution in [-0.2, 0) is 9.63 Å². The van der Waals surface area contributed by atoms with Crippen molar-refractivity contribution in [1.82, 2.24) is 10.2 Å². The van der Waals surface area contributed by atoms with Crippen molar-refractivity contribution in [2.24, 2.45) is 5.16 Å². The molecule has 0 saturated carbocycles. The van der Waals surface area contributed by atoms with Crippen LogP contribution in [0.25, 0.3) is 5.57 Å². The second-order valence-corrected chi connectivity index (χ2v) is 8.18. The van der Waals surface area contributed by atoms with E-state index in [1.807, 2.05) is 48.5 Å². The quantitative estimate of drug-likeness (QED) is 0.416. The molecule has 0 unspecified atom stereocenters. The first-order valence-electron chi connectivity index (χ1n) is 10.5. The zero-order valence-corrected chi connectivity index (χ0v) is 16.5. The number of allylic oxidation sites excluding steroid dienone is 1. The number of amides is 1. The smallest absolute Gasteiger partial charge is 0.258 e. The predicted molar refractivity (Wildman–Crippen MR) is 116 cm³/mol. The minimum absolute atomic E-state index is 0.125. The third-order valence-corrected chi connectivity index (χ3v) is 6.40. The molecule has 4 heterocycles. The molecule has 4 aliphatic rings. The first kappa shape index (κ1) is 17.7. The second kappa shape index (κ2) is 6.97. The molecular formula is C23H23N5O2. The molecule has 152 valence electrons. The Morgan fingerprint density at radius 2 is 1.80 bits per heavy atom. The van der Waals surface area contributed by atoms with Gasteiger partial charge < -0.3 is 20.8 Å². The van der Waals surface area contributed by atoms with Crippen LogP contribution in [-0.4, -0.2) is 54.8 Å². The topological polar surface area (TPSA) is 78.0 Å². The summed E-state index contributed by atoms with van der Waals surface area (Å²) in [5.41, 5.74) is 5.56. The molecule has 3 N–H and O–H groups in total. The molecule has 30 heavy (non-hydrogen) atoms. The number of nitrogens with one attached hydrogen (secondary N) is 3. The van der Waals surface area contributed by atoms with Gasteiger partial charge >= 0.3 is 0 Å². The highest BCUT2D eigenvalue weighted by atomic mass is 16.6. The summed E-state index contributed by atoms with van der Waals surface area (Å²) in [6.07, 6.45) is 1.23. The summed E-state index contributed by atoms with van der Waals surface area (Å²) in [4.78, 5) is 21.0. The van der Waals surface area contributed by atoms with Gasteiger partial charge in [0, 0.05) is 54.2 Å². The van der Waals surface area contributed by atoms with E-state index in [1.165, 1.54) is 6.42 Å². The van der Waals surface area contributed by atoms with Crippen LogP contribution in [0.2, 0.25) is 0 Å². The Hall–Kier alpha value is -3.16. The molecule has 1 amide bonds. The lowest BCUT2D eigenvalue weighted by atomic mass is 10.0. The number of benzene rings is 2. The number of likely N-dealkylation sites (tertiary alicyclic amines) is 1. The number of anilines is 2. The van der Waals surface area contributed by atoms with Crippen LogP contribution in [0.5, 0.6) is 0 Å². The molecule has 2 bridgehead atoms. The molecular weight excluding hydrogens is 378 g/mol. The first-order valence-corrected chi connectivity index (χ1v) is 10.5. The van der Waals surface area contributed by atoms with Crippen LogP contribution in [0.3, 0.4) is 0 Å². The number of carbonyl (C=O) groups excluding carboxylic acids is 1. The summed E-state index contributed by atoms with van der Waals surface area (Å²) >= 11 is 0. The first-order chi connectivity index (χ1) is 14.8. The minimum Gasteiger partial charge on any atom is -0.394 e. The average molecular weight is 401 g/mol. The van der Waals surface area contributed by atoms with Gasteiger partial charge in [0.2, 0.25) is 0 Å². The summed E-state index contributed by atoms with van der Waals surface area (Å²) in [5, 5.41) is 14.4. The van der Waals surface area contributed by atoms with E-state index in [0.717, 1.165) is 42.1 Å². The minimum atomic E-state index is -0.125. The zero-order valence-electron chi connectivity index (χ0n) is 16.5. The Balaban J connectivity index is 1.29. The molecule has 0 spiro atoms. The van der Waals surface area contributed by atoms with Gasteiger partial charge in [-0.25, -0.2) is 0 Å². The maximum atomic E-state index is 12.8. The monoisotopic (exact) mass is 401 g/mol. The van der Waals surface area contributed by atoms with Gasteiger partial charge in [0.25, 0.3) is 5.91 Å². The van der Waals surface area contributed by atoms with Crippen LogP contribution in [0.1, 0.15) is 17.5 Å². The number of rotatable bonds is 4. The molecule has 0 aromatic heterocycles. The summed E-state index contributed by atoms with van der Waals surface area (Å²) in [7, 11) is 0. The largest absolute Gasteiger partial charge is 0.394 e. The van der Waals surface area contributed by atoms with E-state index >= 15 is 0 Å². The molecule has 2 aromatic carbocycles. The van der Waals surface area contributed by atoms with E-state index in [1.54, 1.807) is 0 Å². The van der Waals surface area contributed by atoms with Crippen molar-refractivity contribution in [3.8, 4) is 0 Å². The number of hydrogen-bond acceptors (Lipinski definition) is 6. The van der Waals surface area contributed by atoms with E-state index < -0.39 is 0 Å². The number of para-hydroxylation sites is 2. The SMILES string of the molecule is O=C1Nc2ccccc2/C1=C1/Nc2ccccc2/C1=N\OCCN1C[C@@H]2C[C@H]1CN2. The van der Waals surface area contributed by atoms with E-state index in [4.69, 9.17) is 4.84 Å². The molecule has 2 fully saturated rings. The number of hydrogen-bond donors (Lipinski definition) is 3. The maximum Gasteiger partial charge on any atom is 0.258 e. The number of piperazine rings is 1. The van der Waals surface area contributed by atoms with Crippen molar-refractivity contribution in [2.75, 3.05) is 36.9 Å². The highest BCUT2D eigenvalue weighted by molar-refractivity contribution is 6.39. The predicted octanol–water partition coefficient (Wildman–Crippen LogP) is 2.24. The third-order valence-electron chi connectivity index (χ3n) is 6.40. The molecule has 7 nitrogen and oxygen atoms in total. The van der Waals surface area contributed by atoms with Crippen LogP contribution < -0.4 is 16.0 Å². The lowest BCUT2D eigenvalue weighted by Gasteiger charge is -2.26. The fourth-order valence-electron chi connectivity index (χ4n) is 4.96. The molecule has 2 saturated heterocycles. The van der Waals surface area contributed by atoms with Gasteiger partial charge in [-0.3, -0.25) is 9.69 Å². The molecule has 0 aliphatic carbocycles. The molecule has 2 atom stereocenters. The van der Waals surface area contributed by atoms with Crippen molar-refractivity contribution < 1.29 is 9.63 Å². The highest BCUT2D eigenvalue weighted by Gasteiger charge is 2.37. The van der Waals surface area contributed by atoms with E-state index in [9.17, 15) is 4.79 Å². The van der Waals surface area contributed by atoms with Crippen molar-refractivity contribution in [1.29, 1.82) is 0 Å². The van der Waals surface area contributed by atoms with Crippen molar-refractivity contribution in [2.45, 2.75) is 18.5 Å². The lowest BCUT2D eigenvalue weighted by Crippen LogP contribution is -2.44. The third kappa shape index (κ3) is 2.81. The van der Waals surface area contributed by atoms with E-state index in [0.29, 0.717) is 35.7 Å². The Morgan fingerprint density at radius 1 is 1.03 bits per heavy atom. The van der Waals surface area contributed by atoms with Crippen molar-refractivity contribution >= 4 is 28.6 Å². The fourth-order valence-corrected chi connectivity index (χ4v) is 4.96. The van der Waals surface area contributed by atoms with Gasteiger partial charge in [-0.1, -0.05) is 41.6 Å². The molecule has 2 aromatic rings. The Labute approximate surface area is 174 Å². The normalized spacial score (nSPS) is 27.9. The van der Waals surface area contributed by atoms with Crippen molar-refractivity contribution in [3.63, 3.8) is 0 Å². The number of nitrogens with zero attached hydrogens (tertiary/aromatic N) is 2. The van der Waals surface area contributed by atoms with Crippen LogP contribution in [0.15, 0.2) is 59.4 Å². The maximum absolute atomic E-state index is 12.8. The van der Waals surface area contributed by atoms with Gasteiger partial charge in [-0.2, -0.15) is 0 Å². The van der Waals surface area contributed by atoms with Gasteiger partial charge in [-0.05, 0) is 18.6 Å². The summed E-state index contributed by atoms with van der Waals surface area (Å²) in [6.45, 7) is 3.55. The summed E-state index contributed by atoms with van der Waals surface area (Å²) in [5.74, 6) is -0.125. The van der Waals surface area contributed by atoms with Gasteiger partial charge in [0.15, 0.2) is 0 Å². The van der Waals surface area contributed by atoms with Gasteiger partial charge in [-0.15, -0.1) is 0 Å². The highest BCUT2D eigenvalue weighted by Crippen LogP contribution is 2.38. The summed E-state index contributed by atoms with van der Waals surface area (Å²) in [6, 6.07) is 16.9. The number of oxime groups is 1. The standard InChI is InChI=1S/C23H23N5O2/c29-23-20(16-5-1-3-7-18(16)26-23)22-21(17-6-2-4-8-19(17)25-22)27-30-10-9-28-13-14-11-15(28)12-24-14/h1-8,14-15,24-25H,9-13H2,(H,26,29)/b22-20-,27-21+/t14-,15-/m0/s1. The number of carbonyl (C=O) groups is 1. The Bertz CT molecular complexity index is 1090. The van der Waals surface area contributed by atoms with Crippen LogP contribution >= 0.6 is 0 Å². The summed E-state index contributed by atoms with van der Waals surface area (Å²) < 4.78 is 0. The zero-order chi connectivity index (χ0) is 20.1. The molecule has 0 radical (unpaired) electrons. The van der Waals surface area contributed by atoms with E-state index in [-0.39, 0.29) is 5.91 Å². The fraction of sp³-hybridized carbons (Fsp3) is 0.304. The Morgan fingerprint density at radius 3 is 2.57 bits per heavy atom. The molecule has 6 rings (SSSR count).